The summed E-state index contributed by atoms with van der Waals surface area (Å²) in [5.41, 5.74) is -0.558. The van der Waals surface area contributed by atoms with Gasteiger partial charge in [-0.1, -0.05) is 12.1 Å². The van der Waals surface area contributed by atoms with Crippen LogP contribution in [0.15, 0.2) is 47.4 Å². The number of aromatic nitrogens is 1. The Hall–Kier alpha value is -2.61. The molecule has 0 radical (unpaired) electrons. The first-order valence-electron chi connectivity index (χ1n) is 8.80. The van der Waals surface area contributed by atoms with Gasteiger partial charge in [0.25, 0.3) is 5.56 Å². The Morgan fingerprint density at radius 3 is 2.52 bits per heavy atom. The van der Waals surface area contributed by atoms with E-state index in [1.165, 1.54) is 24.4 Å². The lowest BCUT2D eigenvalue weighted by atomic mass is 9.95. The zero-order valence-electron chi connectivity index (χ0n) is 15.9. The van der Waals surface area contributed by atoms with Crippen LogP contribution in [0.2, 0.25) is 0 Å². The Bertz CT molecular complexity index is 1060. The Morgan fingerprint density at radius 1 is 1.17 bits per heavy atom. The molecule has 0 spiro atoms. The average Bonchev–Trinajstić information content (AvgIpc) is 2.67. The van der Waals surface area contributed by atoms with E-state index >= 15 is 0 Å². The molecule has 154 valence electrons. The van der Waals surface area contributed by atoms with E-state index in [0.717, 1.165) is 12.1 Å². The van der Waals surface area contributed by atoms with Crippen molar-refractivity contribution >= 4 is 29.0 Å². The molecule has 0 aliphatic carbocycles. The van der Waals surface area contributed by atoms with Crippen LogP contribution >= 0.6 is 12.4 Å². The van der Waals surface area contributed by atoms with Gasteiger partial charge in [-0.05, 0) is 42.1 Å². The highest BCUT2D eigenvalue weighted by atomic mass is 35.5. The van der Waals surface area contributed by atoms with E-state index < -0.39 is 23.0 Å². The molecule has 0 aliphatic heterocycles. The average molecular weight is 423 g/mol. The topological polar surface area (TPSA) is 71.2 Å². The van der Waals surface area contributed by atoms with E-state index in [9.17, 15) is 18.4 Å². The van der Waals surface area contributed by atoms with Gasteiger partial charge in [0.05, 0.1) is 12.2 Å². The number of ketones is 1. The summed E-state index contributed by atoms with van der Waals surface area (Å²) < 4.78 is 34.3. The van der Waals surface area contributed by atoms with E-state index in [4.69, 9.17) is 4.74 Å². The summed E-state index contributed by atoms with van der Waals surface area (Å²) in [4.78, 5) is 27.3. The van der Waals surface area contributed by atoms with Gasteiger partial charge >= 0.3 is 0 Å². The van der Waals surface area contributed by atoms with Crippen molar-refractivity contribution < 1.29 is 18.3 Å². The smallest absolute Gasteiger partial charge is 0.255 e. The Kier molecular flexibility index (Phi) is 7.61. The monoisotopic (exact) mass is 422 g/mol. The standard InChI is InChI=1S/C21H20F2N2O3.ClH/c1-12(24-8-9-28-2)13-10-17(22)19(18(23)11-13)20(26)15-4-3-5-16-14(15)6-7-25-21(16)27;/h3-7,10-12,24H,8-9H2,1-2H3,(H,25,27);1H/t12-;/m1./s1. The SMILES string of the molecule is COCCN[C@H](C)c1cc(F)c(C(=O)c2cccc3c(=O)[nH]ccc23)c(F)c1.Cl. The van der Waals surface area contributed by atoms with Gasteiger partial charge in [0, 0.05) is 36.8 Å². The maximum atomic E-state index is 14.7. The Morgan fingerprint density at radius 2 is 1.86 bits per heavy atom. The van der Waals surface area contributed by atoms with Crippen molar-refractivity contribution in [3.63, 3.8) is 0 Å². The third-order valence-corrected chi connectivity index (χ3v) is 4.61. The number of H-pyrrole nitrogens is 1. The number of rotatable bonds is 7. The third-order valence-electron chi connectivity index (χ3n) is 4.61. The van der Waals surface area contributed by atoms with E-state index in [1.807, 2.05) is 0 Å². The second kappa shape index (κ2) is 9.73. The summed E-state index contributed by atoms with van der Waals surface area (Å²) in [7, 11) is 1.56. The van der Waals surface area contributed by atoms with Crippen molar-refractivity contribution in [2.75, 3.05) is 20.3 Å². The normalized spacial score (nSPS) is 11.9. The number of hydrogen-bond acceptors (Lipinski definition) is 4. The summed E-state index contributed by atoms with van der Waals surface area (Å²) in [5.74, 6) is -2.69. The number of carbonyl (C=O) groups excluding carboxylic acids is 1. The van der Waals surface area contributed by atoms with Crippen LogP contribution in [0.4, 0.5) is 8.78 Å². The lowest BCUT2D eigenvalue weighted by Crippen LogP contribution is -2.23. The van der Waals surface area contributed by atoms with Crippen LogP contribution < -0.4 is 10.9 Å². The second-order valence-corrected chi connectivity index (χ2v) is 6.43. The fourth-order valence-electron chi connectivity index (χ4n) is 3.11. The molecule has 5 nitrogen and oxygen atoms in total. The molecule has 1 aromatic heterocycles. The highest BCUT2D eigenvalue weighted by Gasteiger charge is 2.23. The van der Waals surface area contributed by atoms with Gasteiger partial charge in [0.15, 0.2) is 5.78 Å². The molecule has 3 rings (SSSR count). The van der Waals surface area contributed by atoms with Gasteiger partial charge in [-0.25, -0.2) is 8.78 Å². The number of fused-ring (bicyclic) bond motifs is 1. The molecular weight excluding hydrogens is 402 g/mol. The van der Waals surface area contributed by atoms with Crippen molar-refractivity contribution in [3.05, 3.63) is 81.3 Å². The maximum Gasteiger partial charge on any atom is 0.255 e. The van der Waals surface area contributed by atoms with Crippen LogP contribution in [0, 0.1) is 11.6 Å². The molecule has 29 heavy (non-hydrogen) atoms. The minimum absolute atomic E-state index is 0. The number of ether oxygens (including phenoxy) is 1. The lowest BCUT2D eigenvalue weighted by molar-refractivity contribution is 0.103. The highest BCUT2D eigenvalue weighted by Crippen LogP contribution is 2.25. The van der Waals surface area contributed by atoms with E-state index in [0.29, 0.717) is 24.1 Å². The largest absolute Gasteiger partial charge is 0.383 e. The number of aromatic amines is 1. The maximum absolute atomic E-state index is 14.7. The Balaban J connectivity index is 0.00000300. The number of methoxy groups -OCH3 is 1. The number of hydrogen-bond donors (Lipinski definition) is 2. The number of pyridine rings is 1. The van der Waals surface area contributed by atoms with Crippen LogP contribution in [-0.4, -0.2) is 31.0 Å². The van der Waals surface area contributed by atoms with Crippen molar-refractivity contribution in [3.8, 4) is 0 Å². The van der Waals surface area contributed by atoms with Gasteiger partial charge in [0.2, 0.25) is 0 Å². The number of carbonyl (C=O) groups is 1. The third kappa shape index (κ3) is 4.70. The fraction of sp³-hybridized carbons (Fsp3) is 0.238. The zero-order valence-corrected chi connectivity index (χ0v) is 16.7. The van der Waals surface area contributed by atoms with E-state index in [-0.39, 0.29) is 35.0 Å². The van der Waals surface area contributed by atoms with Crippen LogP contribution in [0.1, 0.15) is 34.5 Å². The van der Waals surface area contributed by atoms with Crippen LogP contribution in [0.5, 0.6) is 0 Å². The first-order chi connectivity index (χ1) is 13.4. The quantitative estimate of drug-likeness (QED) is 0.449. The van der Waals surface area contributed by atoms with Gasteiger partial charge < -0.3 is 15.0 Å². The summed E-state index contributed by atoms with van der Waals surface area (Å²) >= 11 is 0. The van der Waals surface area contributed by atoms with Crippen molar-refractivity contribution in [1.29, 1.82) is 0 Å². The van der Waals surface area contributed by atoms with E-state index in [2.05, 4.69) is 10.3 Å². The first-order valence-corrected chi connectivity index (χ1v) is 8.80. The minimum atomic E-state index is -0.942. The molecule has 2 aromatic carbocycles. The number of halogens is 3. The molecule has 8 heteroatoms. The Labute approximate surface area is 172 Å². The summed E-state index contributed by atoms with van der Waals surface area (Å²) in [5, 5.41) is 3.70. The predicted octanol–water partition coefficient (Wildman–Crippen LogP) is 3.76. The zero-order chi connectivity index (χ0) is 20.3. The molecule has 0 bridgehead atoms. The van der Waals surface area contributed by atoms with E-state index in [1.54, 1.807) is 20.1 Å². The molecule has 0 saturated carbocycles. The van der Waals surface area contributed by atoms with Crippen LogP contribution in [-0.2, 0) is 4.74 Å². The molecule has 0 aliphatic rings. The molecular formula is C21H21ClF2N2O3. The molecule has 2 N–H and O–H groups in total. The molecule has 0 unspecified atom stereocenters. The molecule has 3 aromatic rings. The van der Waals surface area contributed by atoms with Gasteiger partial charge in [-0.15, -0.1) is 12.4 Å². The predicted molar refractivity (Wildman–Crippen MR) is 110 cm³/mol. The van der Waals surface area contributed by atoms with Crippen molar-refractivity contribution in [1.82, 2.24) is 10.3 Å². The van der Waals surface area contributed by atoms with Gasteiger partial charge in [0.1, 0.15) is 11.6 Å². The van der Waals surface area contributed by atoms with Crippen LogP contribution in [0.25, 0.3) is 10.8 Å². The van der Waals surface area contributed by atoms with Crippen molar-refractivity contribution in [2.45, 2.75) is 13.0 Å². The molecule has 1 atom stereocenters. The van der Waals surface area contributed by atoms with Crippen LogP contribution in [0.3, 0.4) is 0 Å². The molecule has 0 fully saturated rings. The molecule has 0 amide bonds. The molecule has 1 heterocycles. The van der Waals surface area contributed by atoms with Gasteiger partial charge in [-0.2, -0.15) is 0 Å². The summed E-state index contributed by atoms with van der Waals surface area (Å²) in [6.45, 7) is 2.75. The first kappa shape index (κ1) is 22.7. The highest BCUT2D eigenvalue weighted by molar-refractivity contribution is 6.16. The summed E-state index contributed by atoms with van der Waals surface area (Å²) in [6, 6.07) is 8.03. The minimum Gasteiger partial charge on any atom is -0.383 e. The van der Waals surface area contributed by atoms with Crippen molar-refractivity contribution in [2.24, 2.45) is 0 Å². The summed E-state index contributed by atoms with van der Waals surface area (Å²) in [6.07, 6.45) is 1.39. The van der Waals surface area contributed by atoms with Gasteiger partial charge in [-0.3, -0.25) is 9.59 Å². The number of benzene rings is 2. The second-order valence-electron chi connectivity index (χ2n) is 6.43. The number of nitrogens with one attached hydrogen (secondary N) is 2. The lowest BCUT2D eigenvalue weighted by Gasteiger charge is -2.16. The fourth-order valence-corrected chi connectivity index (χ4v) is 3.11. The molecule has 0 saturated heterocycles.